The Bertz CT molecular complexity index is 651. The summed E-state index contributed by atoms with van der Waals surface area (Å²) in [7, 11) is 0. The molecule has 1 saturated heterocycles. The normalized spacial score (nSPS) is 17.1. The Balaban J connectivity index is 2.27. The minimum absolute atomic E-state index is 0.00221. The van der Waals surface area contributed by atoms with E-state index in [1.54, 1.807) is 6.92 Å². The summed E-state index contributed by atoms with van der Waals surface area (Å²) < 4.78 is 0. The van der Waals surface area contributed by atoms with E-state index in [1.165, 1.54) is 6.07 Å². The molecule has 7 heteroatoms. The molecule has 22 heavy (non-hydrogen) atoms. The van der Waals surface area contributed by atoms with Crippen LogP contribution < -0.4 is 10.2 Å². The van der Waals surface area contributed by atoms with Crippen molar-refractivity contribution in [3.8, 4) is 6.07 Å². The van der Waals surface area contributed by atoms with Gasteiger partial charge in [0, 0.05) is 19.6 Å². The molecule has 0 spiro atoms. The van der Waals surface area contributed by atoms with Gasteiger partial charge in [-0.3, -0.25) is 4.79 Å². The van der Waals surface area contributed by atoms with E-state index in [4.69, 9.17) is 5.11 Å². The first kappa shape index (κ1) is 15.8. The second-order valence-corrected chi connectivity index (χ2v) is 5.24. The number of nitriles is 1. The lowest BCUT2D eigenvalue weighted by molar-refractivity contribution is -0.124. The Morgan fingerprint density at radius 3 is 2.91 bits per heavy atom. The van der Waals surface area contributed by atoms with Gasteiger partial charge < -0.3 is 15.3 Å². The van der Waals surface area contributed by atoms with Crippen LogP contribution in [0.5, 0.6) is 0 Å². The first-order valence-electron chi connectivity index (χ1n) is 7.15. The molecule has 1 fully saturated rings. The lowest BCUT2D eigenvalue weighted by Crippen LogP contribution is -2.33. The van der Waals surface area contributed by atoms with Crippen LogP contribution in [0.3, 0.4) is 0 Å². The van der Waals surface area contributed by atoms with Crippen molar-refractivity contribution in [3.63, 3.8) is 0 Å². The van der Waals surface area contributed by atoms with E-state index < -0.39 is 5.97 Å². The molecular weight excluding hydrogens is 284 g/mol. The highest BCUT2D eigenvalue weighted by molar-refractivity contribution is 5.90. The molecule has 0 aromatic carbocycles. The first-order chi connectivity index (χ1) is 10.5. The van der Waals surface area contributed by atoms with Crippen molar-refractivity contribution in [1.29, 1.82) is 5.26 Å². The van der Waals surface area contributed by atoms with Crippen LogP contribution in [0.1, 0.15) is 35.0 Å². The number of aromatic nitrogens is 1. The Labute approximate surface area is 128 Å². The number of rotatable bonds is 4. The smallest absolute Gasteiger partial charge is 0.337 e. The van der Waals surface area contributed by atoms with Gasteiger partial charge in [-0.1, -0.05) is 0 Å². The third kappa shape index (κ3) is 3.01. The fourth-order valence-corrected chi connectivity index (χ4v) is 2.62. The summed E-state index contributed by atoms with van der Waals surface area (Å²) in [5.41, 5.74) is 0.613. The maximum atomic E-state index is 11.9. The number of pyridine rings is 1. The van der Waals surface area contributed by atoms with Crippen LogP contribution in [-0.2, 0) is 4.79 Å². The molecule has 1 unspecified atom stereocenters. The number of amides is 1. The number of hydrogen-bond acceptors (Lipinski definition) is 5. The zero-order chi connectivity index (χ0) is 16.3. The van der Waals surface area contributed by atoms with Gasteiger partial charge in [-0.15, -0.1) is 0 Å². The van der Waals surface area contributed by atoms with Gasteiger partial charge >= 0.3 is 5.97 Å². The topological polar surface area (TPSA) is 106 Å². The number of nitrogens with zero attached hydrogens (tertiary/aromatic N) is 3. The third-order valence-corrected chi connectivity index (χ3v) is 3.75. The molecule has 1 atom stereocenters. The number of aromatic carboxylic acids is 1. The van der Waals surface area contributed by atoms with Gasteiger partial charge in [-0.2, -0.15) is 5.26 Å². The van der Waals surface area contributed by atoms with E-state index in [0.717, 1.165) is 0 Å². The van der Waals surface area contributed by atoms with Crippen molar-refractivity contribution < 1.29 is 14.7 Å². The Morgan fingerprint density at radius 2 is 2.32 bits per heavy atom. The predicted octanol–water partition coefficient (Wildman–Crippen LogP) is 0.922. The zero-order valence-corrected chi connectivity index (χ0v) is 12.6. The minimum Gasteiger partial charge on any atom is -0.478 e. The van der Waals surface area contributed by atoms with Crippen molar-refractivity contribution in [1.82, 2.24) is 10.3 Å². The number of carbonyl (C=O) groups is 2. The molecule has 2 heterocycles. The van der Waals surface area contributed by atoms with Crippen molar-refractivity contribution >= 4 is 17.7 Å². The molecule has 0 aliphatic carbocycles. The van der Waals surface area contributed by atoms with Crippen LogP contribution in [0, 0.1) is 24.2 Å². The van der Waals surface area contributed by atoms with Gasteiger partial charge in [0.2, 0.25) is 5.91 Å². The molecule has 2 N–H and O–H groups in total. The summed E-state index contributed by atoms with van der Waals surface area (Å²) in [6.45, 7) is 5.16. The summed E-state index contributed by atoms with van der Waals surface area (Å²) in [4.78, 5) is 29.2. The zero-order valence-electron chi connectivity index (χ0n) is 12.6. The summed E-state index contributed by atoms with van der Waals surface area (Å²) >= 11 is 0. The highest BCUT2D eigenvalue weighted by Gasteiger charge is 2.30. The van der Waals surface area contributed by atoms with E-state index in [0.29, 0.717) is 37.6 Å². The standard InChI is InChI=1S/C15H18N4O3/c1-3-17-14(20)10-4-5-19(8-10)13-11(7-16)6-12(15(21)22)9(2)18-13/h6,10H,3-5,8H2,1-2H3,(H,17,20)(H,21,22). The molecule has 1 aromatic rings. The molecule has 1 aromatic heterocycles. The van der Waals surface area contributed by atoms with Crippen molar-refractivity contribution in [2.45, 2.75) is 20.3 Å². The van der Waals surface area contributed by atoms with Crippen molar-refractivity contribution in [2.24, 2.45) is 5.92 Å². The van der Waals surface area contributed by atoms with Crippen molar-refractivity contribution in [2.75, 3.05) is 24.5 Å². The van der Waals surface area contributed by atoms with E-state index in [2.05, 4.69) is 10.3 Å². The molecule has 116 valence electrons. The summed E-state index contributed by atoms with van der Waals surface area (Å²) in [5.74, 6) is -0.776. The minimum atomic E-state index is -1.10. The van der Waals surface area contributed by atoms with E-state index in [-0.39, 0.29) is 23.0 Å². The Morgan fingerprint density at radius 1 is 1.59 bits per heavy atom. The fourth-order valence-electron chi connectivity index (χ4n) is 2.62. The lowest BCUT2D eigenvalue weighted by Gasteiger charge is -2.19. The molecule has 2 rings (SSSR count). The molecule has 1 aliphatic heterocycles. The van der Waals surface area contributed by atoms with Crippen LogP contribution in [0.2, 0.25) is 0 Å². The number of carbonyl (C=O) groups excluding carboxylic acids is 1. The second kappa shape index (κ2) is 6.43. The highest BCUT2D eigenvalue weighted by atomic mass is 16.4. The van der Waals surface area contributed by atoms with Crippen LogP contribution in [0.15, 0.2) is 6.07 Å². The number of hydrogen-bond donors (Lipinski definition) is 2. The molecule has 0 radical (unpaired) electrons. The maximum absolute atomic E-state index is 11.9. The van der Waals surface area contributed by atoms with Crippen LogP contribution >= 0.6 is 0 Å². The monoisotopic (exact) mass is 302 g/mol. The van der Waals surface area contributed by atoms with E-state index in [1.807, 2.05) is 17.9 Å². The molecule has 0 bridgehead atoms. The molecule has 0 saturated carbocycles. The summed E-state index contributed by atoms with van der Waals surface area (Å²) in [6.07, 6.45) is 0.693. The van der Waals surface area contributed by atoms with Crippen LogP contribution in [0.4, 0.5) is 5.82 Å². The molecule has 1 aliphatic rings. The number of aryl methyl sites for hydroxylation is 1. The van der Waals surface area contributed by atoms with Crippen molar-refractivity contribution in [3.05, 3.63) is 22.9 Å². The average molecular weight is 302 g/mol. The van der Waals surface area contributed by atoms with Gasteiger partial charge in [0.15, 0.2) is 0 Å². The van der Waals surface area contributed by atoms with Crippen LogP contribution in [-0.4, -0.2) is 41.6 Å². The third-order valence-electron chi connectivity index (χ3n) is 3.75. The van der Waals surface area contributed by atoms with E-state index >= 15 is 0 Å². The summed E-state index contributed by atoms with van der Waals surface area (Å²) in [6, 6.07) is 3.34. The highest BCUT2D eigenvalue weighted by Crippen LogP contribution is 2.27. The van der Waals surface area contributed by atoms with Crippen LogP contribution in [0.25, 0.3) is 0 Å². The fraction of sp³-hybridized carbons (Fsp3) is 0.467. The van der Waals surface area contributed by atoms with Gasteiger partial charge in [-0.05, 0) is 26.3 Å². The lowest BCUT2D eigenvalue weighted by atomic mass is 10.1. The average Bonchev–Trinajstić information content (AvgIpc) is 2.96. The van der Waals surface area contributed by atoms with Gasteiger partial charge in [-0.25, -0.2) is 9.78 Å². The largest absolute Gasteiger partial charge is 0.478 e. The quantitative estimate of drug-likeness (QED) is 0.856. The number of carboxylic acids is 1. The maximum Gasteiger partial charge on any atom is 0.337 e. The SMILES string of the molecule is CCNC(=O)C1CCN(c2nc(C)c(C(=O)O)cc2C#N)C1. The predicted molar refractivity (Wildman–Crippen MR) is 79.7 cm³/mol. The second-order valence-electron chi connectivity index (χ2n) is 5.24. The Hall–Kier alpha value is -2.62. The Kier molecular flexibility index (Phi) is 4.61. The molecule has 1 amide bonds. The number of carboxylic acid groups (broad SMARTS) is 1. The van der Waals surface area contributed by atoms with Gasteiger partial charge in [0.05, 0.1) is 22.7 Å². The first-order valence-corrected chi connectivity index (χ1v) is 7.15. The van der Waals surface area contributed by atoms with Gasteiger partial charge in [0.1, 0.15) is 11.9 Å². The van der Waals surface area contributed by atoms with Gasteiger partial charge in [0.25, 0.3) is 0 Å². The number of nitrogens with one attached hydrogen (secondary N) is 1. The van der Waals surface area contributed by atoms with E-state index in [9.17, 15) is 14.9 Å². The molecule has 7 nitrogen and oxygen atoms in total. The molecular formula is C15H18N4O3. The summed E-state index contributed by atoms with van der Waals surface area (Å²) in [5, 5.41) is 21.1. The number of anilines is 1.